The van der Waals surface area contributed by atoms with E-state index in [9.17, 15) is 22.8 Å². The molecule has 0 radical (unpaired) electrons. The van der Waals surface area contributed by atoms with Gasteiger partial charge in [-0.25, -0.2) is 4.68 Å². The summed E-state index contributed by atoms with van der Waals surface area (Å²) in [5.41, 5.74) is -3.17. The van der Waals surface area contributed by atoms with Crippen LogP contribution < -0.4 is 10.9 Å². The zero-order valence-electron chi connectivity index (χ0n) is 19.1. The van der Waals surface area contributed by atoms with Gasteiger partial charge in [0.25, 0.3) is 5.56 Å². The molecule has 1 atom stereocenters. The van der Waals surface area contributed by atoms with Crippen LogP contribution in [0.1, 0.15) is 12.0 Å². The first-order valence-electron chi connectivity index (χ1n) is 10.0. The monoisotopic (exact) mass is 483 g/mol. The SMILES string of the molecule is COCC(COCCC(=O)OC)Nc1cnn(COCC[Si](C)(C)C)c(=O)c1C(F)(F)F. The zero-order chi connectivity index (χ0) is 24.4. The van der Waals surface area contributed by atoms with Crippen molar-refractivity contribution in [1.29, 1.82) is 0 Å². The summed E-state index contributed by atoms with van der Waals surface area (Å²) in [5, 5.41) is 6.43. The largest absolute Gasteiger partial charge is 0.469 e. The molecule has 0 saturated carbocycles. The molecule has 1 unspecified atom stereocenters. The molecule has 1 N–H and O–H groups in total. The predicted molar refractivity (Wildman–Crippen MR) is 114 cm³/mol. The lowest BCUT2D eigenvalue weighted by Gasteiger charge is -2.22. The van der Waals surface area contributed by atoms with Gasteiger partial charge in [0.05, 0.1) is 51.3 Å². The highest BCUT2D eigenvalue weighted by molar-refractivity contribution is 6.76. The van der Waals surface area contributed by atoms with E-state index >= 15 is 0 Å². The van der Waals surface area contributed by atoms with Crippen molar-refractivity contribution in [3.8, 4) is 0 Å². The van der Waals surface area contributed by atoms with Crippen molar-refractivity contribution in [2.75, 3.05) is 46.0 Å². The minimum Gasteiger partial charge on any atom is -0.469 e. The van der Waals surface area contributed by atoms with Crippen LogP contribution in [0.4, 0.5) is 18.9 Å². The molecule has 1 aromatic heterocycles. The number of carbonyl (C=O) groups is 1. The number of methoxy groups -OCH3 is 2. The number of anilines is 1. The number of rotatable bonds is 14. The summed E-state index contributed by atoms with van der Waals surface area (Å²) in [6.07, 6.45) is -3.98. The molecule has 184 valence electrons. The van der Waals surface area contributed by atoms with Gasteiger partial charge in [-0.05, 0) is 6.04 Å². The van der Waals surface area contributed by atoms with E-state index in [1.807, 2.05) is 0 Å². The van der Waals surface area contributed by atoms with E-state index < -0.39 is 43.1 Å². The second kappa shape index (κ2) is 12.9. The second-order valence-electron chi connectivity index (χ2n) is 8.28. The first-order valence-corrected chi connectivity index (χ1v) is 13.7. The van der Waals surface area contributed by atoms with Gasteiger partial charge in [0.2, 0.25) is 0 Å². The van der Waals surface area contributed by atoms with Gasteiger partial charge >= 0.3 is 12.1 Å². The summed E-state index contributed by atoms with van der Waals surface area (Å²) in [6.45, 7) is 6.34. The number of nitrogens with one attached hydrogen (secondary N) is 1. The van der Waals surface area contributed by atoms with Crippen LogP contribution in [-0.2, 0) is 36.6 Å². The molecule has 1 heterocycles. The van der Waals surface area contributed by atoms with Crippen LogP contribution >= 0.6 is 0 Å². The van der Waals surface area contributed by atoms with Gasteiger partial charge in [-0.2, -0.15) is 18.3 Å². The molecule has 0 saturated heterocycles. The summed E-state index contributed by atoms with van der Waals surface area (Å²) in [7, 11) is 1.24. The molecule has 0 spiro atoms. The molecule has 0 fully saturated rings. The van der Waals surface area contributed by atoms with Crippen LogP contribution in [0, 0.1) is 0 Å². The fourth-order valence-electron chi connectivity index (χ4n) is 2.53. The highest BCUT2D eigenvalue weighted by Gasteiger charge is 2.38. The van der Waals surface area contributed by atoms with Crippen LogP contribution in [0.25, 0.3) is 0 Å². The molecule has 9 nitrogen and oxygen atoms in total. The van der Waals surface area contributed by atoms with Gasteiger partial charge in [0, 0.05) is 21.8 Å². The molecule has 1 rings (SSSR count). The Morgan fingerprint density at radius 1 is 1.19 bits per heavy atom. The molecule has 0 aliphatic heterocycles. The minimum absolute atomic E-state index is 0.000688. The highest BCUT2D eigenvalue weighted by atomic mass is 28.3. The van der Waals surface area contributed by atoms with Crippen LogP contribution in [0.15, 0.2) is 11.0 Å². The molecule has 0 aromatic carbocycles. The Morgan fingerprint density at radius 3 is 2.44 bits per heavy atom. The number of ether oxygens (including phenoxy) is 4. The van der Waals surface area contributed by atoms with E-state index in [1.54, 1.807) is 0 Å². The molecule has 0 bridgehead atoms. The Hall–Kier alpha value is -1.96. The van der Waals surface area contributed by atoms with E-state index in [0.29, 0.717) is 11.3 Å². The second-order valence-corrected chi connectivity index (χ2v) is 13.9. The van der Waals surface area contributed by atoms with Crippen molar-refractivity contribution < 1.29 is 36.9 Å². The third-order valence-electron chi connectivity index (χ3n) is 4.26. The Balaban J connectivity index is 2.93. The topological polar surface area (TPSA) is 101 Å². The number of hydrogen-bond acceptors (Lipinski definition) is 8. The van der Waals surface area contributed by atoms with E-state index in [-0.39, 0.29) is 33.0 Å². The minimum atomic E-state index is -4.91. The maximum absolute atomic E-state index is 13.7. The number of hydrogen-bond donors (Lipinski definition) is 1. The molecule has 0 aliphatic rings. The Kier molecular flexibility index (Phi) is 11.3. The molecule has 1 aromatic rings. The normalized spacial score (nSPS) is 13.1. The lowest BCUT2D eigenvalue weighted by atomic mass is 10.2. The van der Waals surface area contributed by atoms with Gasteiger partial charge in [0.15, 0.2) is 0 Å². The molecule has 0 aliphatic carbocycles. The summed E-state index contributed by atoms with van der Waals surface area (Å²) in [5.74, 6) is -0.472. The standard InChI is InChI=1S/C19H32F3N3O6Si/c1-28-11-14(12-30-7-6-16(26)29-2)24-15-10-23-25(13-31-8-9-32(3,4)5)18(27)17(15)19(20,21)22/h10,14,24H,6-9,11-13H2,1-5H3. The number of halogens is 3. The van der Waals surface area contributed by atoms with E-state index in [2.05, 4.69) is 34.8 Å². The quantitative estimate of drug-likeness (QED) is 0.245. The van der Waals surface area contributed by atoms with Crippen molar-refractivity contribution in [1.82, 2.24) is 9.78 Å². The fraction of sp³-hybridized carbons (Fsp3) is 0.737. The summed E-state index contributed by atoms with van der Waals surface area (Å²) < 4.78 is 61.9. The lowest BCUT2D eigenvalue weighted by Crippen LogP contribution is -2.36. The van der Waals surface area contributed by atoms with Gasteiger partial charge in [0.1, 0.15) is 12.3 Å². The summed E-state index contributed by atoms with van der Waals surface area (Å²) in [4.78, 5) is 23.6. The number of aromatic nitrogens is 2. The van der Waals surface area contributed by atoms with Crippen molar-refractivity contribution in [2.45, 2.75) is 51.1 Å². The number of nitrogens with zero attached hydrogens (tertiary/aromatic N) is 2. The fourth-order valence-corrected chi connectivity index (χ4v) is 3.29. The van der Waals surface area contributed by atoms with Gasteiger partial charge in [-0.3, -0.25) is 9.59 Å². The average Bonchev–Trinajstić information content (AvgIpc) is 2.68. The average molecular weight is 484 g/mol. The zero-order valence-corrected chi connectivity index (χ0v) is 20.1. The van der Waals surface area contributed by atoms with E-state index in [0.717, 1.165) is 12.2 Å². The summed E-state index contributed by atoms with van der Waals surface area (Å²) >= 11 is 0. The van der Waals surface area contributed by atoms with Crippen molar-refractivity contribution in [3.05, 3.63) is 22.1 Å². The van der Waals surface area contributed by atoms with Gasteiger partial charge in [-0.1, -0.05) is 19.6 Å². The van der Waals surface area contributed by atoms with E-state index in [1.165, 1.54) is 14.2 Å². The number of alkyl halides is 3. The Morgan fingerprint density at radius 2 is 1.88 bits per heavy atom. The van der Waals surface area contributed by atoms with Crippen LogP contribution in [0.3, 0.4) is 0 Å². The van der Waals surface area contributed by atoms with Crippen LogP contribution in [-0.4, -0.2) is 70.5 Å². The Bertz CT molecular complexity index is 783. The van der Waals surface area contributed by atoms with Crippen LogP contribution in [0.5, 0.6) is 0 Å². The van der Waals surface area contributed by atoms with Crippen LogP contribution in [0.2, 0.25) is 25.7 Å². The Labute approximate surface area is 186 Å². The maximum Gasteiger partial charge on any atom is 0.423 e. The number of esters is 1. The summed E-state index contributed by atoms with van der Waals surface area (Å²) in [6, 6.07) is 0.0890. The third kappa shape index (κ3) is 10.1. The number of carbonyl (C=O) groups excluding carboxylic acids is 1. The van der Waals surface area contributed by atoms with Gasteiger partial charge < -0.3 is 24.3 Å². The predicted octanol–water partition coefficient (Wildman–Crippen LogP) is 2.58. The van der Waals surface area contributed by atoms with Crippen molar-refractivity contribution in [2.24, 2.45) is 0 Å². The highest BCUT2D eigenvalue weighted by Crippen LogP contribution is 2.32. The lowest BCUT2D eigenvalue weighted by molar-refractivity contribution is -0.142. The molecular weight excluding hydrogens is 451 g/mol. The van der Waals surface area contributed by atoms with Gasteiger partial charge in [-0.15, -0.1) is 0 Å². The van der Waals surface area contributed by atoms with Crippen molar-refractivity contribution in [3.63, 3.8) is 0 Å². The first-order chi connectivity index (χ1) is 14.9. The smallest absolute Gasteiger partial charge is 0.423 e. The molecule has 0 amide bonds. The third-order valence-corrected chi connectivity index (χ3v) is 5.97. The van der Waals surface area contributed by atoms with Crippen molar-refractivity contribution >= 4 is 19.7 Å². The molecular formula is C19H32F3N3O6Si. The molecule has 32 heavy (non-hydrogen) atoms. The molecule has 13 heteroatoms. The first kappa shape index (κ1) is 28.1. The maximum atomic E-state index is 13.7. The van der Waals surface area contributed by atoms with E-state index in [4.69, 9.17) is 14.2 Å².